The molecule has 6 heteroatoms. The molecule has 0 aliphatic heterocycles. The minimum Gasteiger partial charge on any atom is -0.493 e. The summed E-state index contributed by atoms with van der Waals surface area (Å²) in [5, 5.41) is 5.46. The van der Waals surface area contributed by atoms with Crippen LogP contribution in [-0.2, 0) is 11.3 Å². The largest absolute Gasteiger partial charge is 0.493 e. The zero-order valence-corrected chi connectivity index (χ0v) is 16.1. The Kier molecular flexibility index (Phi) is 6.84. The molecule has 0 unspecified atom stereocenters. The van der Waals surface area contributed by atoms with Crippen LogP contribution in [0.5, 0.6) is 5.75 Å². The average Bonchev–Trinajstić information content (AvgIpc) is 3.27. The molecule has 0 spiro atoms. The third-order valence-corrected chi connectivity index (χ3v) is 4.05. The highest BCUT2D eigenvalue weighted by Crippen LogP contribution is 2.21. The van der Waals surface area contributed by atoms with Gasteiger partial charge in [0.15, 0.2) is 0 Å². The molecule has 0 saturated heterocycles. The van der Waals surface area contributed by atoms with Crippen molar-refractivity contribution in [1.29, 1.82) is 0 Å². The summed E-state index contributed by atoms with van der Waals surface area (Å²) in [6, 6.07) is 19.5. The van der Waals surface area contributed by atoms with E-state index in [1.54, 1.807) is 42.5 Å². The number of hydrogen-bond donors (Lipinski definition) is 2. The molecule has 0 radical (unpaired) electrons. The van der Waals surface area contributed by atoms with Gasteiger partial charge in [0, 0.05) is 11.1 Å². The number of para-hydroxylation sites is 1. The zero-order chi connectivity index (χ0) is 20.5. The molecule has 0 aliphatic rings. The van der Waals surface area contributed by atoms with Crippen LogP contribution in [0.25, 0.3) is 6.08 Å². The summed E-state index contributed by atoms with van der Waals surface area (Å²) in [5.74, 6) is 0.429. The second-order valence-electron chi connectivity index (χ2n) is 6.11. The lowest BCUT2D eigenvalue weighted by Gasteiger charge is -2.12. The third-order valence-electron chi connectivity index (χ3n) is 4.05. The van der Waals surface area contributed by atoms with E-state index in [4.69, 9.17) is 9.15 Å². The van der Waals surface area contributed by atoms with Gasteiger partial charge in [-0.1, -0.05) is 36.4 Å². The molecule has 1 aromatic heterocycles. The molecule has 6 nitrogen and oxygen atoms in total. The molecular formula is C23H22N2O4. The molecular weight excluding hydrogens is 368 g/mol. The molecule has 2 aromatic carbocycles. The Bertz CT molecular complexity index is 979. The van der Waals surface area contributed by atoms with Crippen molar-refractivity contribution in [2.45, 2.75) is 13.5 Å². The number of carbonyl (C=O) groups is 2. The Morgan fingerprint density at radius 2 is 1.76 bits per heavy atom. The number of hydrogen-bond acceptors (Lipinski definition) is 4. The van der Waals surface area contributed by atoms with Crippen molar-refractivity contribution in [3.63, 3.8) is 0 Å². The smallest absolute Gasteiger partial charge is 0.268 e. The van der Waals surface area contributed by atoms with Gasteiger partial charge in [-0.3, -0.25) is 9.59 Å². The van der Waals surface area contributed by atoms with Crippen molar-refractivity contribution in [3.8, 4) is 5.75 Å². The Labute approximate surface area is 169 Å². The number of amides is 2. The standard InChI is InChI=1S/C23H22N2O4/c1-2-28-21-13-7-6-11-18(21)15-20(23(27)24-16-19-12-8-14-29-19)25-22(26)17-9-4-3-5-10-17/h3-15H,2,16H2,1H3,(H,24,27)(H,25,26). The van der Waals surface area contributed by atoms with Crippen LogP contribution in [0.2, 0.25) is 0 Å². The predicted molar refractivity (Wildman–Crippen MR) is 110 cm³/mol. The number of ether oxygens (including phenoxy) is 1. The summed E-state index contributed by atoms with van der Waals surface area (Å²) in [6.45, 7) is 2.58. The normalized spacial score (nSPS) is 11.0. The highest BCUT2D eigenvalue weighted by molar-refractivity contribution is 6.05. The first-order valence-electron chi connectivity index (χ1n) is 9.28. The van der Waals surface area contributed by atoms with E-state index >= 15 is 0 Å². The van der Waals surface area contributed by atoms with Crippen LogP contribution < -0.4 is 15.4 Å². The third kappa shape index (κ3) is 5.59. The molecule has 0 aliphatic carbocycles. The van der Waals surface area contributed by atoms with E-state index in [2.05, 4.69) is 10.6 Å². The first-order valence-corrected chi connectivity index (χ1v) is 9.28. The van der Waals surface area contributed by atoms with Crippen LogP contribution in [0.3, 0.4) is 0 Å². The molecule has 148 valence electrons. The quantitative estimate of drug-likeness (QED) is 0.574. The van der Waals surface area contributed by atoms with Gasteiger partial charge in [0.1, 0.15) is 17.2 Å². The van der Waals surface area contributed by atoms with Gasteiger partial charge in [0.05, 0.1) is 19.4 Å². The van der Waals surface area contributed by atoms with E-state index in [0.717, 1.165) is 0 Å². The summed E-state index contributed by atoms with van der Waals surface area (Å²) in [4.78, 5) is 25.4. The van der Waals surface area contributed by atoms with Crippen LogP contribution in [0.4, 0.5) is 0 Å². The molecule has 0 fully saturated rings. The summed E-state index contributed by atoms with van der Waals surface area (Å²) < 4.78 is 10.9. The van der Waals surface area contributed by atoms with Gasteiger partial charge in [-0.15, -0.1) is 0 Å². The van der Waals surface area contributed by atoms with Crippen molar-refractivity contribution < 1.29 is 18.7 Å². The average molecular weight is 390 g/mol. The van der Waals surface area contributed by atoms with Gasteiger partial charge in [-0.05, 0) is 43.3 Å². The summed E-state index contributed by atoms with van der Waals surface area (Å²) in [5.41, 5.74) is 1.25. The molecule has 0 saturated carbocycles. The molecule has 29 heavy (non-hydrogen) atoms. The number of carbonyl (C=O) groups excluding carboxylic acids is 2. The summed E-state index contributed by atoms with van der Waals surface area (Å²) in [6.07, 6.45) is 3.14. The highest BCUT2D eigenvalue weighted by Gasteiger charge is 2.16. The van der Waals surface area contributed by atoms with Crippen LogP contribution in [0.15, 0.2) is 83.1 Å². The minimum absolute atomic E-state index is 0.109. The van der Waals surface area contributed by atoms with E-state index < -0.39 is 5.91 Å². The number of furan rings is 1. The second-order valence-corrected chi connectivity index (χ2v) is 6.11. The maximum atomic E-state index is 12.8. The highest BCUT2D eigenvalue weighted by atomic mass is 16.5. The predicted octanol–water partition coefficient (Wildman–Crippen LogP) is 3.77. The van der Waals surface area contributed by atoms with Crippen molar-refractivity contribution in [2.75, 3.05) is 6.61 Å². The van der Waals surface area contributed by atoms with Gasteiger partial charge in [0.2, 0.25) is 0 Å². The topological polar surface area (TPSA) is 80.6 Å². The van der Waals surface area contributed by atoms with Gasteiger partial charge in [0.25, 0.3) is 11.8 Å². The minimum atomic E-state index is -0.433. The van der Waals surface area contributed by atoms with Crippen molar-refractivity contribution in [1.82, 2.24) is 10.6 Å². The molecule has 0 bridgehead atoms. The molecule has 2 N–H and O–H groups in total. The van der Waals surface area contributed by atoms with Crippen LogP contribution >= 0.6 is 0 Å². The number of nitrogens with one attached hydrogen (secondary N) is 2. The van der Waals surface area contributed by atoms with Crippen LogP contribution in [0, 0.1) is 0 Å². The fourth-order valence-electron chi connectivity index (χ4n) is 2.66. The Balaban J connectivity index is 1.86. The van der Waals surface area contributed by atoms with Crippen molar-refractivity contribution in [3.05, 3.63) is 95.6 Å². The molecule has 1 heterocycles. The van der Waals surface area contributed by atoms with E-state index in [-0.39, 0.29) is 18.1 Å². The Morgan fingerprint density at radius 3 is 2.48 bits per heavy atom. The van der Waals surface area contributed by atoms with Crippen molar-refractivity contribution in [2.24, 2.45) is 0 Å². The lowest BCUT2D eigenvalue weighted by Crippen LogP contribution is -2.34. The molecule has 3 aromatic rings. The van der Waals surface area contributed by atoms with E-state index in [1.165, 1.54) is 6.26 Å². The first-order chi connectivity index (χ1) is 14.2. The summed E-state index contributed by atoms with van der Waals surface area (Å²) in [7, 11) is 0. The van der Waals surface area contributed by atoms with Crippen LogP contribution in [-0.4, -0.2) is 18.4 Å². The maximum absolute atomic E-state index is 12.8. The lowest BCUT2D eigenvalue weighted by atomic mass is 10.1. The van der Waals surface area contributed by atoms with Crippen LogP contribution in [0.1, 0.15) is 28.6 Å². The summed E-state index contributed by atoms with van der Waals surface area (Å²) >= 11 is 0. The second kappa shape index (κ2) is 9.94. The van der Waals surface area contributed by atoms with Gasteiger partial charge in [-0.25, -0.2) is 0 Å². The molecule has 0 atom stereocenters. The Hall–Kier alpha value is -3.80. The maximum Gasteiger partial charge on any atom is 0.268 e. The molecule has 2 amide bonds. The SMILES string of the molecule is CCOc1ccccc1C=C(NC(=O)c1ccccc1)C(=O)NCc1ccco1. The number of benzene rings is 2. The zero-order valence-electron chi connectivity index (χ0n) is 16.1. The van der Waals surface area contributed by atoms with E-state index in [1.807, 2.05) is 37.3 Å². The van der Waals surface area contributed by atoms with E-state index in [9.17, 15) is 9.59 Å². The van der Waals surface area contributed by atoms with Gasteiger partial charge < -0.3 is 19.8 Å². The lowest BCUT2D eigenvalue weighted by molar-refractivity contribution is -0.118. The van der Waals surface area contributed by atoms with Gasteiger partial charge >= 0.3 is 0 Å². The fourth-order valence-corrected chi connectivity index (χ4v) is 2.66. The van der Waals surface area contributed by atoms with Crippen molar-refractivity contribution >= 4 is 17.9 Å². The number of rotatable bonds is 8. The Morgan fingerprint density at radius 1 is 1.00 bits per heavy atom. The fraction of sp³-hybridized carbons (Fsp3) is 0.130. The van der Waals surface area contributed by atoms with Gasteiger partial charge in [-0.2, -0.15) is 0 Å². The monoisotopic (exact) mass is 390 g/mol. The first kappa shape index (κ1) is 19.9. The molecule has 3 rings (SSSR count). The van der Waals surface area contributed by atoms with E-state index in [0.29, 0.717) is 29.2 Å².